The summed E-state index contributed by atoms with van der Waals surface area (Å²) in [6.45, 7) is 1.96. The zero-order valence-corrected chi connectivity index (χ0v) is 10.9. The molecule has 19 heavy (non-hydrogen) atoms. The number of methoxy groups -OCH3 is 1. The largest absolute Gasteiger partial charge is 0.486 e. The molecule has 2 aromatic rings. The van der Waals surface area contributed by atoms with Crippen molar-refractivity contribution >= 4 is 5.97 Å². The predicted octanol–water partition coefficient (Wildman–Crippen LogP) is 3.01. The maximum Gasteiger partial charge on any atom is 0.337 e. The fourth-order valence-corrected chi connectivity index (χ4v) is 1.69. The van der Waals surface area contributed by atoms with Gasteiger partial charge < -0.3 is 9.47 Å². The van der Waals surface area contributed by atoms with Gasteiger partial charge in [-0.2, -0.15) is 0 Å². The summed E-state index contributed by atoms with van der Waals surface area (Å²) in [6.07, 6.45) is 3.39. The summed E-state index contributed by atoms with van der Waals surface area (Å²) >= 11 is 0. The van der Waals surface area contributed by atoms with Gasteiger partial charge in [0.05, 0.1) is 12.7 Å². The summed E-state index contributed by atoms with van der Waals surface area (Å²) in [6, 6.07) is 10.7. The van der Waals surface area contributed by atoms with Gasteiger partial charge in [0.2, 0.25) is 0 Å². The van der Waals surface area contributed by atoms with Crippen LogP contribution in [-0.4, -0.2) is 18.1 Å². The second-order valence-corrected chi connectivity index (χ2v) is 4.06. The lowest BCUT2D eigenvalue weighted by molar-refractivity contribution is 0.0600. The minimum atomic E-state index is -0.353. The number of aromatic nitrogens is 1. The van der Waals surface area contributed by atoms with Crippen LogP contribution in [0.2, 0.25) is 0 Å². The molecule has 0 fully saturated rings. The summed E-state index contributed by atoms with van der Waals surface area (Å²) in [7, 11) is 1.36. The molecule has 4 heteroatoms. The molecule has 1 aromatic carbocycles. The number of hydrogen-bond acceptors (Lipinski definition) is 4. The Morgan fingerprint density at radius 1 is 1.11 bits per heavy atom. The van der Waals surface area contributed by atoms with Gasteiger partial charge in [-0.05, 0) is 48.9 Å². The smallest absolute Gasteiger partial charge is 0.337 e. The Hall–Kier alpha value is -2.36. The number of ether oxygens (including phenoxy) is 2. The number of rotatable bonds is 4. The molecule has 0 aliphatic heterocycles. The minimum absolute atomic E-state index is 0.0769. The van der Waals surface area contributed by atoms with Crippen LogP contribution in [0.15, 0.2) is 48.8 Å². The topological polar surface area (TPSA) is 48.4 Å². The Morgan fingerprint density at radius 3 is 2.32 bits per heavy atom. The first-order chi connectivity index (χ1) is 9.20. The lowest BCUT2D eigenvalue weighted by atomic mass is 10.1. The monoisotopic (exact) mass is 257 g/mol. The van der Waals surface area contributed by atoms with Crippen molar-refractivity contribution in [2.24, 2.45) is 0 Å². The fraction of sp³-hybridized carbons (Fsp3) is 0.200. The van der Waals surface area contributed by atoms with E-state index < -0.39 is 0 Å². The van der Waals surface area contributed by atoms with Crippen LogP contribution in [0.4, 0.5) is 0 Å². The number of esters is 1. The van der Waals surface area contributed by atoms with Crippen molar-refractivity contribution in [3.63, 3.8) is 0 Å². The molecule has 0 bridgehead atoms. The molecule has 1 unspecified atom stereocenters. The van der Waals surface area contributed by atoms with Crippen LogP contribution in [0, 0.1) is 0 Å². The molecule has 0 spiro atoms. The normalized spacial score (nSPS) is 11.7. The van der Waals surface area contributed by atoms with E-state index >= 15 is 0 Å². The molecule has 2 rings (SSSR count). The van der Waals surface area contributed by atoms with Gasteiger partial charge in [0.25, 0.3) is 0 Å². The minimum Gasteiger partial charge on any atom is -0.486 e. The average molecular weight is 257 g/mol. The van der Waals surface area contributed by atoms with Crippen LogP contribution >= 0.6 is 0 Å². The van der Waals surface area contributed by atoms with Gasteiger partial charge >= 0.3 is 5.97 Å². The lowest BCUT2D eigenvalue weighted by Crippen LogP contribution is -2.04. The van der Waals surface area contributed by atoms with Crippen LogP contribution in [0.3, 0.4) is 0 Å². The molecule has 4 nitrogen and oxygen atoms in total. The molecule has 0 aliphatic carbocycles. The highest BCUT2D eigenvalue weighted by Crippen LogP contribution is 2.21. The van der Waals surface area contributed by atoms with Gasteiger partial charge in [0, 0.05) is 12.4 Å². The number of carbonyl (C=O) groups is 1. The molecule has 1 aromatic heterocycles. The first kappa shape index (κ1) is 13.1. The highest BCUT2D eigenvalue weighted by atomic mass is 16.5. The van der Waals surface area contributed by atoms with Crippen molar-refractivity contribution in [3.05, 3.63) is 59.9 Å². The molecule has 0 amide bonds. The van der Waals surface area contributed by atoms with Gasteiger partial charge in [-0.25, -0.2) is 4.79 Å². The Balaban J connectivity index is 2.06. The van der Waals surface area contributed by atoms with Crippen LogP contribution in [-0.2, 0) is 4.74 Å². The molecular weight excluding hydrogens is 242 g/mol. The zero-order chi connectivity index (χ0) is 13.7. The van der Waals surface area contributed by atoms with Crippen LogP contribution < -0.4 is 4.74 Å². The van der Waals surface area contributed by atoms with E-state index in [1.807, 2.05) is 19.1 Å². The zero-order valence-electron chi connectivity index (χ0n) is 10.9. The Bertz CT molecular complexity index is 537. The van der Waals surface area contributed by atoms with E-state index in [1.165, 1.54) is 7.11 Å². The summed E-state index contributed by atoms with van der Waals surface area (Å²) in [5, 5.41) is 0. The van der Waals surface area contributed by atoms with Crippen LogP contribution in [0.25, 0.3) is 0 Å². The van der Waals surface area contributed by atoms with Crippen molar-refractivity contribution in [2.45, 2.75) is 13.0 Å². The van der Waals surface area contributed by atoms with Gasteiger partial charge in [-0.1, -0.05) is 0 Å². The molecular formula is C15H15NO3. The highest BCUT2D eigenvalue weighted by molar-refractivity contribution is 5.89. The van der Waals surface area contributed by atoms with Gasteiger partial charge in [-0.3, -0.25) is 4.98 Å². The summed E-state index contributed by atoms with van der Waals surface area (Å²) in [5.74, 6) is 0.352. The van der Waals surface area contributed by atoms with Crippen molar-refractivity contribution in [2.75, 3.05) is 7.11 Å². The fourth-order valence-electron chi connectivity index (χ4n) is 1.69. The SMILES string of the molecule is COC(=O)c1ccc(OC(C)c2ccncc2)cc1. The number of carbonyl (C=O) groups excluding carboxylic acids is 1. The molecule has 1 atom stereocenters. The van der Waals surface area contributed by atoms with Crippen LogP contribution in [0.5, 0.6) is 5.75 Å². The molecule has 0 saturated carbocycles. The number of nitrogens with zero attached hydrogens (tertiary/aromatic N) is 1. The van der Waals surface area contributed by atoms with Crippen LogP contribution in [0.1, 0.15) is 28.9 Å². The summed E-state index contributed by atoms with van der Waals surface area (Å²) in [4.78, 5) is 15.3. The van der Waals surface area contributed by atoms with Crippen molar-refractivity contribution in [1.82, 2.24) is 4.98 Å². The third-order valence-corrected chi connectivity index (χ3v) is 2.76. The molecule has 0 radical (unpaired) electrons. The van der Waals surface area contributed by atoms with Crippen molar-refractivity contribution in [1.29, 1.82) is 0 Å². The molecule has 0 N–H and O–H groups in total. The third kappa shape index (κ3) is 3.31. The molecule has 0 aliphatic rings. The van der Waals surface area contributed by atoms with E-state index in [2.05, 4.69) is 9.72 Å². The second-order valence-electron chi connectivity index (χ2n) is 4.06. The second kappa shape index (κ2) is 6.00. The Kier molecular flexibility index (Phi) is 4.13. The Labute approximate surface area is 112 Å². The average Bonchev–Trinajstić information content (AvgIpc) is 2.48. The lowest BCUT2D eigenvalue weighted by Gasteiger charge is -2.14. The molecule has 98 valence electrons. The number of pyridine rings is 1. The molecule has 0 saturated heterocycles. The van der Waals surface area contributed by atoms with E-state index in [9.17, 15) is 4.79 Å². The summed E-state index contributed by atoms with van der Waals surface area (Å²) < 4.78 is 10.4. The van der Waals surface area contributed by atoms with Gasteiger partial charge in [-0.15, -0.1) is 0 Å². The van der Waals surface area contributed by atoms with Gasteiger partial charge in [0.1, 0.15) is 11.9 Å². The maximum absolute atomic E-state index is 11.3. The van der Waals surface area contributed by atoms with E-state index in [4.69, 9.17) is 4.74 Å². The van der Waals surface area contributed by atoms with Crippen molar-refractivity contribution in [3.8, 4) is 5.75 Å². The van der Waals surface area contributed by atoms with Gasteiger partial charge in [0.15, 0.2) is 0 Å². The first-order valence-electron chi connectivity index (χ1n) is 5.95. The quantitative estimate of drug-likeness (QED) is 0.790. The van der Waals surface area contributed by atoms with E-state index in [1.54, 1.807) is 36.7 Å². The number of hydrogen-bond donors (Lipinski definition) is 0. The number of benzene rings is 1. The molecule has 1 heterocycles. The van der Waals surface area contributed by atoms with E-state index in [-0.39, 0.29) is 12.1 Å². The highest BCUT2D eigenvalue weighted by Gasteiger charge is 2.08. The van der Waals surface area contributed by atoms with E-state index in [0.29, 0.717) is 11.3 Å². The first-order valence-corrected chi connectivity index (χ1v) is 5.95. The third-order valence-electron chi connectivity index (χ3n) is 2.76. The predicted molar refractivity (Wildman–Crippen MR) is 71.1 cm³/mol. The Morgan fingerprint density at radius 2 is 1.74 bits per heavy atom. The maximum atomic E-state index is 11.3. The standard InChI is InChI=1S/C15H15NO3/c1-11(12-7-9-16-10-8-12)19-14-5-3-13(4-6-14)15(17)18-2/h3-11H,1-2H3. The van der Waals surface area contributed by atoms with E-state index in [0.717, 1.165) is 5.56 Å². The van der Waals surface area contributed by atoms with Crippen molar-refractivity contribution < 1.29 is 14.3 Å². The summed E-state index contributed by atoms with van der Waals surface area (Å²) in [5.41, 5.74) is 1.55.